The first-order chi connectivity index (χ1) is 15.7. The van der Waals surface area contributed by atoms with E-state index in [1.165, 1.54) is 0 Å². The van der Waals surface area contributed by atoms with Crippen molar-refractivity contribution in [3.05, 3.63) is 66.4 Å². The Kier molecular flexibility index (Phi) is 4.96. The lowest BCUT2D eigenvalue weighted by atomic mass is 9.83. The predicted molar refractivity (Wildman–Crippen MR) is 123 cm³/mol. The summed E-state index contributed by atoms with van der Waals surface area (Å²) in [4.78, 5) is 19.0. The summed E-state index contributed by atoms with van der Waals surface area (Å²) in [7, 11) is 0. The van der Waals surface area contributed by atoms with Gasteiger partial charge in [-0.25, -0.2) is 0 Å². The number of carbonyl (C=O) groups excluding carboxylic acids is 1. The Hall–Kier alpha value is -2.76. The van der Waals surface area contributed by atoms with E-state index in [4.69, 9.17) is 9.47 Å². The van der Waals surface area contributed by atoms with E-state index in [0.717, 1.165) is 66.4 Å². The van der Waals surface area contributed by atoms with E-state index in [2.05, 4.69) is 53.5 Å². The Bertz CT molecular complexity index is 1130. The van der Waals surface area contributed by atoms with Crippen LogP contribution in [-0.4, -0.2) is 42.1 Å². The number of rotatable bonds is 4. The van der Waals surface area contributed by atoms with E-state index in [1.54, 1.807) is 0 Å². The van der Waals surface area contributed by atoms with E-state index < -0.39 is 5.79 Å². The topological polar surface area (TPSA) is 51.7 Å². The summed E-state index contributed by atoms with van der Waals surface area (Å²) >= 11 is 0. The first kappa shape index (κ1) is 19.9. The van der Waals surface area contributed by atoms with Crippen LogP contribution in [0.3, 0.4) is 0 Å². The summed E-state index contributed by atoms with van der Waals surface area (Å²) in [5.74, 6) is 0.194. The molecule has 6 rings (SSSR count). The summed E-state index contributed by atoms with van der Waals surface area (Å²) in [6.45, 7) is 2.83. The van der Waals surface area contributed by atoms with Gasteiger partial charge < -0.3 is 14.4 Å². The smallest absolute Gasteiger partial charge is 0.225 e. The summed E-state index contributed by atoms with van der Waals surface area (Å²) < 4.78 is 12.6. The second-order valence-corrected chi connectivity index (χ2v) is 9.23. The van der Waals surface area contributed by atoms with Crippen molar-refractivity contribution >= 4 is 16.8 Å². The van der Waals surface area contributed by atoms with Crippen LogP contribution >= 0.6 is 0 Å². The molecule has 2 aromatic carbocycles. The molecule has 0 radical (unpaired) electrons. The van der Waals surface area contributed by atoms with Gasteiger partial charge in [-0.2, -0.15) is 0 Å². The molecule has 0 bridgehead atoms. The second-order valence-electron chi connectivity index (χ2n) is 9.23. The van der Waals surface area contributed by atoms with Crippen LogP contribution in [0.25, 0.3) is 22.0 Å². The summed E-state index contributed by atoms with van der Waals surface area (Å²) in [5, 5.41) is 1.14. The third kappa shape index (κ3) is 3.50. The van der Waals surface area contributed by atoms with Gasteiger partial charge in [0.1, 0.15) is 0 Å². The molecule has 0 atom stereocenters. The van der Waals surface area contributed by atoms with Gasteiger partial charge >= 0.3 is 0 Å². The van der Waals surface area contributed by atoms with Gasteiger partial charge in [0.25, 0.3) is 0 Å². The number of hydrogen-bond acceptors (Lipinski definition) is 4. The van der Waals surface area contributed by atoms with Crippen molar-refractivity contribution in [2.24, 2.45) is 11.8 Å². The van der Waals surface area contributed by atoms with Crippen molar-refractivity contribution < 1.29 is 14.3 Å². The lowest BCUT2D eigenvalue weighted by Crippen LogP contribution is -2.46. The van der Waals surface area contributed by atoms with Crippen molar-refractivity contribution in [2.75, 3.05) is 26.3 Å². The van der Waals surface area contributed by atoms with Gasteiger partial charge in [0.05, 0.1) is 18.7 Å². The maximum absolute atomic E-state index is 12.5. The third-order valence-electron chi connectivity index (χ3n) is 7.21. The van der Waals surface area contributed by atoms with Gasteiger partial charge in [-0.15, -0.1) is 0 Å². The van der Waals surface area contributed by atoms with Crippen molar-refractivity contribution in [2.45, 2.75) is 31.5 Å². The van der Waals surface area contributed by atoms with Gasteiger partial charge in [-0.05, 0) is 48.9 Å². The Labute approximate surface area is 188 Å². The highest BCUT2D eigenvalue weighted by molar-refractivity contribution is 5.84. The van der Waals surface area contributed by atoms with Crippen LogP contribution in [0.4, 0.5) is 0 Å². The number of hydrogen-bond donors (Lipinski definition) is 0. The van der Waals surface area contributed by atoms with Gasteiger partial charge in [0, 0.05) is 42.1 Å². The quantitative estimate of drug-likeness (QED) is 0.602. The molecule has 3 aromatic rings. The highest BCUT2D eigenvalue weighted by atomic mass is 16.7. The molecule has 3 aliphatic rings. The molecule has 5 nitrogen and oxygen atoms in total. The summed E-state index contributed by atoms with van der Waals surface area (Å²) in [5.41, 5.74) is 4.38. The van der Waals surface area contributed by atoms with E-state index in [9.17, 15) is 4.79 Å². The zero-order valence-electron chi connectivity index (χ0n) is 18.2. The molecule has 3 heterocycles. The fourth-order valence-corrected chi connectivity index (χ4v) is 5.28. The minimum atomic E-state index is -0.696. The van der Waals surface area contributed by atoms with Crippen molar-refractivity contribution in [3.63, 3.8) is 0 Å². The van der Waals surface area contributed by atoms with Gasteiger partial charge in [-0.1, -0.05) is 42.5 Å². The Morgan fingerprint density at radius 1 is 0.906 bits per heavy atom. The van der Waals surface area contributed by atoms with E-state index in [1.807, 2.05) is 17.2 Å². The molecule has 32 heavy (non-hydrogen) atoms. The number of pyridine rings is 1. The van der Waals surface area contributed by atoms with Crippen LogP contribution < -0.4 is 0 Å². The van der Waals surface area contributed by atoms with Crippen molar-refractivity contribution in [1.29, 1.82) is 0 Å². The molecule has 3 fully saturated rings. The van der Waals surface area contributed by atoms with Gasteiger partial charge in [0.15, 0.2) is 5.79 Å². The number of piperidine rings is 1. The molecule has 0 unspecified atom stereocenters. The number of benzene rings is 2. The number of ether oxygens (including phenoxy) is 2. The van der Waals surface area contributed by atoms with Crippen LogP contribution in [0.5, 0.6) is 0 Å². The molecular formula is C27H28N2O3. The van der Waals surface area contributed by atoms with E-state index >= 15 is 0 Å². The number of fused-ring (bicyclic) bond motifs is 1. The zero-order chi connectivity index (χ0) is 21.5. The maximum Gasteiger partial charge on any atom is 0.225 e. The first-order valence-electron chi connectivity index (χ1n) is 11.8. The highest BCUT2D eigenvalue weighted by Gasteiger charge is 2.48. The molecule has 164 valence electrons. The average Bonchev–Trinajstić information content (AvgIpc) is 3.59. The largest absolute Gasteiger partial charge is 0.343 e. The number of carbonyl (C=O) groups is 1. The SMILES string of the molecule is O=C(C1CC1)N1CCC(C2(c3ccc(-c4ccc5cccnc5c4)cc3)OCCO2)CC1. The van der Waals surface area contributed by atoms with Crippen LogP contribution in [-0.2, 0) is 20.1 Å². The molecule has 1 aliphatic carbocycles. The molecule has 2 aliphatic heterocycles. The molecule has 5 heteroatoms. The number of aromatic nitrogens is 1. The van der Waals surface area contributed by atoms with E-state index in [0.29, 0.717) is 19.1 Å². The van der Waals surface area contributed by atoms with Crippen LogP contribution in [0.2, 0.25) is 0 Å². The van der Waals surface area contributed by atoms with Crippen LogP contribution in [0.1, 0.15) is 31.2 Å². The van der Waals surface area contributed by atoms with Crippen LogP contribution in [0, 0.1) is 11.8 Å². The Balaban J connectivity index is 1.23. The summed E-state index contributed by atoms with van der Waals surface area (Å²) in [6, 6.07) is 19.0. The van der Waals surface area contributed by atoms with Gasteiger partial charge in [0.2, 0.25) is 5.91 Å². The molecular weight excluding hydrogens is 400 g/mol. The number of amides is 1. The number of nitrogens with zero attached hydrogens (tertiary/aromatic N) is 2. The Morgan fingerprint density at radius 3 is 2.34 bits per heavy atom. The maximum atomic E-state index is 12.5. The monoisotopic (exact) mass is 428 g/mol. The average molecular weight is 429 g/mol. The summed E-state index contributed by atoms with van der Waals surface area (Å²) in [6.07, 6.45) is 5.79. The molecule has 1 aromatic heterocycles. The van der Waals surface area contributed by atoms with Crippen molar-refractivity contribution in [1.82, 2.24) is 9.88 Å². The molecule has 2 saturated heterocycles. The standard InChI is InChI=1S/C27H28N2O3/c30-26(21-4-5-21)29-14-11-24(12-15-29)27(31-16-17-32-27)23-9-7-19(8-10-23)22-6-3-20-2-1-13-28-25(20)18-22/h1-3,6-10,13,18,21,24H,4-5,11-12,14-17H2. The molecule has 0 spiro atoms. The highest BCUT2D eigenvalue weighted by Crippen LogP contribution is 2.44. The predicted octanol–water partition coefficient (Wildman–Crippen LogP) is 4.75. The first-order valence-corrected chi connectivity index (χ1v) is 11.8. The minimum absolute atomic E-state index is 0.254. The second kappa shape index (κ2) is 7.98. The van der Waals surface area contributed by atoms with Crippen molar-refractivity contribution in [3.8, 4) is 11.1 Å². The Morgan fingerprint density at radius 2 is 1.62 bits per heavy atom. The molecule has 1 saturated carbocycles. The molecule has 0 N–H and O–H groups in total. The van der Waals surface area contributed by atoms with Gasteiger partial charge in [-0.3, -0.25) is 9.78 Å². The van der Waals surface area contributed by atoms with E-state index in [-0.39, 0.29) is 11.8 Å². The zero-order valence-corrected chi connectivity index (χ0v) is 18.2. The third-order valence-corrected chi connectivity index (χ3v) is 7.21. The molecule has 1 amide bonds. The normalized spacial score (nSPS) is 21.2. The van der Waals surface area contributed by atoms with Crippen LogP contribution in [0.15, 0.2) is 60.8 Å². The fourth-order valence-electron chi connectivity index (χ4n) is 5.28. The lowest BCUT2D eigenvalue weighted by Gasteiger charge is -2.41. The minimum Gasteiger partial charge on any atom is -0.343 e. The lowest BCUT2D eigenvalue weighted by molar-refractivity contribution is -0.214. The number of likely N-dealkylation sites (tertiary alicyclic amines) is 1. The fraction of sp³-hybridized carbons (Fsp3) is 0.407.